The van der Waals surface area contributed by atoms with Gasteiger partial charge >= 0.3 is 0 Å². The van der Waals surface area contributed by atoms with E-state index in [0.717, 1.165) is 10.2 Å². The molecule has 0 unspecified atom stereocenters. The number of aromatic nitrogens is 4. The zero-order valence-corrected chi connectivity index (χ0v) is 16.1. The van der Waals surface area contributed by atoms with Crippen LogP contribution in [0, 0.1) is 0 Å². The van der Waals surface area contributed by atoms with Crippen LogP contribution in [0.2, 0.25) is 5.02 Å². The summed E-state index contributed by atoms with van der Waals surface area (Å²) >= 11 is 10.7. The Morgan fingerprint density at radius 1 is 1.24 bits per heavy atom. The van der Waals surface area contributed by atoms with Crippen LogP contribution in [0.25, 0.3) is 5.69 Å². The summed E-state index contributed by atoms with van der Waals surface area (Å²) < 4.78 is 2.63. The van der Waals surface area contributed by atoms with Gasteiger partial charge in [-0.3, -0.25) is 4.79 Å². The quantitative estimate of drug-likeness (QED) is 0.584. The van der Waals surface area contributed by atoms with Crippen LogP contribution >= 0.6 is 39.3 Å². The molecule has 0 aliphatic rings. The molecule has 9 heteroatoms. The predicted octanol–water partition coefficient (Wildman–Crippen LogP) is 4.20. The minimum atomic E-state index is -0.0857. The van der Waals surface area contributed by atoms with Crippen LogP contribution in [0.5, 0.6) is 0 Å². The molecular formula is C16H13BrClN5OS. The van der Waals surface area contributed by atoms with Crippen molar-refractivity contribution in [3.8, 4) is 5.69 Å². The molecule has 0 atom stereocenters. The average molecular weight is 439 g/mol. The number of rotatable bonds is 6. The van der Waals surface area contributed by atoms with E-state index in [1.54, 1.807) is 28.9 Å². The van der Waals surface area contributed by atoms with E-state index in [2.05, 4.69) is 36.8 Å². The lowest BCUT2D eigenvalue weighted by Gasteiger charge is -2.06. The summed E-state index contributed by atoms with van der Waals surface area (Å²) in [5, 5.41) is 15.8. The van der Waals surface area contributed by atoms with Crippen LogP contribution in [0.1, 0.15) is 6.42 Å². The van der Waals surface area contributed by atoms with Gasteiger partial charge in [-0.05, 0) is 52.9 Å². The highest BCUT2D eigenvalue weighted by atomic mass is 79.9. The zero-order valence-electron chi connectivity index (χ0n) is 12.9. The Hall–Kier alpha value is -1.90. The molecule has 0 radical (unpaired) electrons. The number of amides is 1. The van der Waals surface area contributed by atoms with Gasteiger partial charge in [-0.1, -0.05) is 45.4 Å². The summed E-state index contributed by atoms with van der Waals surface area (Å²) in [6.45, 7) is 0. The number of carbonyl (C=O) groups is 1. The van der Waals surface area contributed by atoms with Gasteiger partial charge in [0.15, 0.2) is 0 Å². The molecule has 2 aromatic carbocycles. The van der Waals surface area contributed by atoms with E-state index in [1.807, 2.05) is 24.3 Å². The fraction of sp³-hybridized carbons (Fsp3) is 0.125. The summed E-state index contributed by atoms with van der Waals surface area (Å²) in [7, 11) is 0. The number of nitrogens with one attached hydrogen (secondary N) is 1. The second-order valence-electron chi connectivity index (χ2n) is 5.01. The largest absolute Gasteiger partial charge is 0.326 e. The Morgan fingerprint density at radius 3 is 2.80 bits per heavy atom. The molecule has 0 saturated carbocycles. The smallest absolute Gasteiger partial charge is 0.225 e. The summed E-state index contributed by atoms with van der Waals surface area (Å²) in [5.74, 6) is 0.473. The van der Waals surface area contributed by atoms with E-state index in [0.29, 0.717) is 28.0 Å². The van der Waals surface area contributed by atoms with Gasteiger partial charge in [0.05, 0.1) is 5.69 Å². The van der Waals surface area contributed by atoms with E-state index < -0.39 is 0 Å². The molecule has 1 N–H and O–H groups in total. The van der Waals surface area contributed by atoms with Gasteiger partial charge in [-0.2, -0.15) is 4.68 Å². The second kappa shape index (κ2) is 8.46. The van der Waals surface area contributed by atoms with E-state index in [9.17, 15) is 4.79 Å². The maximum atomic E-state index is 12.0. The topological polar surface area (TPSA) is 72.7 Å². The molecule has 6 nitrogen and oxygen atoms in total. The fourth-order valence-corrected chi connectivity index (χ4v) is 3.32. The van der Waals surface area contributed by atoms with Gasteiger partial charge in [0.25, 0.3) is 0 Å². The van der Waals surface area contributed by atoms with Crippen molar-refractivity contribution >= 4 is 50.9 Å². The molecule has 128 valence electrons. The van der Waals surface area contributed by atoms with Gasteiger partial charge in [-0.15, -0.1) is 5.10 Å². The maximum Gasteiger partial charge on any atom is 0.225 e. The summed E-state index contributed by atoms with van der Waals surface area (Å²) in [6, 6.07) is 14.7. The third kappa shape index (κ3) is 5.04. The fourth-order valence-electron chi connectivity index (χ4n) is 2.04. The number of benzene rings is 2. The van der Waals surface area contributed by atoms with Gasteiger partial charge in [-0.25, -0.2) is 0 Å². The van der Waals surface area contributed by atoms with E-state index >= 15 is 0 Å². The number of carbonyl (C=O) groups excluding carboxylic acids is 1. The van der Waals surface area contributed by atoms with Crippen molar-refractivity contribution in [3.63, 3.8) is 0 Å². The average Bonchev–Trinajstić information content (AvgIpc) is 3.04. The lowest BCUT2D eigenvalue weighted by Crippen LogP contribution is -2.12. The summed E-state index contributed by atoms with van der Waals surface area (Å²) in [5.41, 5.74) is 1.54. The molecule has 0 aliphatic carbocycles. The number of tetrazole rings is 1. The number of halogens is 2. The van der Waals surface area contributed by atoms with E-state index in [4.69, 9.17) is 11.6 Å². The molecule has 25 heavy (non-hydrogen) atoms. The van der Waals surface area contributed by atoms with Crippen molar-refractivity contribution in [1.29, 1.82) is 0 Å². The van der Waals surface area contributed by atoms with Gasteiger partial charge in [0, 0.05) is 27.4 Å². The zero-order chi connectivity index (χ0) is 17.6. The number of hydrogen-bond donors (Lipinski definition) is 1. The lowest BCUT2D eigenvalue weighted by atomic mass is 10.3. The molecule has 1 amide bonds. The Morgan fingerprint density at radius 2 is 2.04 bits per heavy atom. The van der Waals surface area contributed by atoms with Crippen LogP contribution < -0.4 is 5.32 Å². The normalized spacial score (nSPS) is 10.6. The van der Waals surface area contributed by atoms with Crippen LogP contribution in [0.4, 0.5) is 5.69 Å². The first-order valence-electron chi connectivity index (χ1n) is 7.34. The van der Waals surface area contributed by atoms with Crippen LogP contribution in [0.15, 0.2) is 58.2 Å². The van der Waals surface area contributed by atoms with E-state index in [-0.39, 0.29) is 5.91 Å². The SMILES string of the molecule is O=C(CCSc1nnnn1-c1ccc(Br)cc1)Nc1cccc(Cl)c1. The van der Waals surface area contributed by atoms with Crippen molar-refractivity contribution in [2.24, 2.45) is 0 Å². The maximum absolute atomic E-state index is 12.0. The summed E-state index contributed by atoms with van der Waals surface area (Å²) in [6.07, 6.45) is 0.338. The van der Waals surface area contributed by atoms with Crippen molar-refractivity contribution in [2.75, 3.05) is 11.1 Å². The molecule has 3 aromatic rings. The van der Waals surface area contributed by atoms with Gasteiger partial charge in [0.2, 0.25) is 11.1 Å². The predicted molar refractivity (Wildman–Crippen MR) is 102 cm³/mol. The Labute approximate surface area is 162 Å². The molecule has 0 saturated heterocycles. The van der Waals surface area contributed by atoms with Crippen LogP contribution in [-0.2, 0) is 4.79 Å². The molecular weight excluding hydrogens is 426 g/mol. The van der Waals surface area contributed by atoms with Crippen molar-refractivity contribution in [2.45, 2.75) is 11.6 Å². The Bertz CT molecular complexity index is 871. The minimum Gasteiger partial charge on any atom is -0.326 e. The van der Waals surface area contributed by atoms with Gasteiger partial charge in [0.1, 0.15) is 0 Å². The molecule has 1 aromatic heterocycles. The standard InChI is InChI=1S/C16H13BrClN5OS/c17-11-4-6-14(7-5-11)23-16(20-21-22-23)25-9-8-15(24)19-13-3-1-2-12(18)10-13/h1-7,10H,8-9H2,(H,19,24). The summed E-state index contributed by atoms with van der Waals surface area (Å²) in [4.78, 5) is 12.0. The third-order valence-corrected chi connectivity index (χ3v) is 4.87. The van der Waals surface area contributed by atoms with Crippen LogP contribution in [0.3, 0.4) is 0 Å². The number of nitrogens with zero attached hydrogens (tertiary/aromatic N) is 4. The monoisotopic (exact) mass is 437 g/mol. The highest BCUT2D eigenvalue weighted by Crippen LogP contribution is 2.21. The first-order chi connectivity index (χ1) is 12.1. The molecule has 0 bridgehead atoms. The van der Waals surface area contributed by atoms with Crippen molar-refractivity contribution in [3.05, 3.63) is 58.0 Å². The van der Waals surface area contributed by atoms with Crippen molar-refractivity contribution < 1.29 is 4.79 Å². The molecule has 3 rings (SSSR count). The molecule has 1 heterocycles. The highest BCUT2D eigenvalue weighted by molar-refractivity contribution is 9.10. The molecule has 0 fully saturated rings. The molecule has 0 aliphatic heterocycles. The highest BCUT2D eigenvalue weighted by Gasteiger charge is 2.10. The lowest BCUT2D eigenvalue weighted by molar-refractivity contribution is -0.115. The Balaban J connectivity index is 1.55. The molecule has 0 spiro atoms. The second-order valence-corrected chi connectivity index (χ2v) is 7.42. The number of thioether (sulfide) groups is 1. The van der Waals surface area contributed by atoms with Crippen molar-refractivity contribution in [1.82, 2.24) is 20.2 Å². The number of anilines is 1. The van der Waals surface area contributed by atoms with Gasteiger partial charge < -0.3 is 5.32 Å². The first-order valence-corrected chi connectivity index (χ1v) is 9.50. The van der Waals surface area contributed by atoms with E-state index in [1.165, 1.54) is 11.8 Å². The third-order valence-electron chi connectivity index (χ3n) is 3.18. The Kier molecular flexibility index (Phi) is 6.06. The van der Waals surface area contributed by atoms with Crippen LogP contribution in [-0.4, -0.2) is 31.9 Å². The minimum absolute atomic E-state index is 0.0857. The number of hydrogen-bond acceptors (Lipinski definition) is 5. The first kappa shape index (κ1) is 17.9.